The Labute approximate surface area is 148 Å². The lowest BCUT2D eigenvalue weighted by molar-refractivity contribution is 0.608. The number of hydrogen-bond donors (Lipinski definition) is 2. The molecule has 130 valence electrons. The predicted molar refractivity (Wildman–Crippen MR) is 105 cm³/mol. The van der Waals surface area contributed by atoms with Gasteiger partial charge in [-0.05, 0) is 49.7 Å². The zero-order chi connectivity index (χ0) is 17.8. The van der Waals surface area contributed by atoms with Gasteiger partial charge >= 0.3 is 0 Å². The maximum Gasteiger partial charge on any atom is 0.0742 e. The highest BCUT2D eigenvalue weighted by atomic mass is 15.1. The molecule has 0 saturated carbocycles. The fourth-order valence-corrected chi connectivity index (χ4v) is 2.94. The minimum absolute atomic E-state index is 0.142. The fourth-order valence-electron chi connectivity index (χ4n) is 2.94. The minimum Gasteiger partial charge on any atom is -0.378 e. The van der Waals surface area contributed by atoms with Crippen molar-refractivity contribution in [2.75, 3.05) is 25.5 Å². The van der Waals surface area contributed by atoms with E-state index in [1.165, 1.54) is 0 Å². The Morgan fingerprint density at radius 3 is 2.56 bits per heavy atom. The SMILES string of the molecule is CN(C)c1ccc(-c2cc3ncccc3c(C(N)CCCN)n2)cc1. The second kappa shape index (κ2) is 7.59. The van der Waals surface area contributed by atoms with Gasteiger partial charge in [-0.25, -0.2) is 0 Å². The Bertz CT molecular complexity index is 842. The van der Waals surface area contributed by atoms with E-state index < -0.39 is 0 Å². The molecular formula is C20H25N5. The molecule has 2 heterocycles. The lowest BCUT2D eigenvalue weighted by atomic mass is 10.0. The first-order valence-electron chi connectivity index (χ1n) is 8.59. The fraction of sp³-hybridized carbons (Fsp3) is 0.300. The molecule has 1 unspecified atom stereocenters. The van der Waals surface area contributed by atoms with Crippen LogP contribution in [0.5, 0.6) is 0 Å². The van der Waals surface area contributed by atoms with E-state index in [9.17, 15) is 0 Å². The van der Waals surface area contributed by atoms with Gasteiger partial charge in [0.2, 0.25) is 0 Å². The van der Waals surface area contributed by atoms with Gasteiger partial charge in [-0.3, -0.25) is 9.97 Å². The van der Waals surface area contributed by atoms with E-state index in [4.69, 9.17) is 16.5 Å². The van der Waals surface area contributed by atoms with Crippen LogP contribution < -0.4 is 16.4 Å². The Balaban J connectivity index is 2.06. The number of nitrogens with two attached hydrogens (primary N) is 2. The number of nitrogens with zero attached hydrogens (tertiary/aromatic N) is 3. The minimum atomic E-state index is -0.142. The maximum atomic E-state index is 6.41. The molecule has 25 heavy (non-hydrogen) atoms. The van der Waals surface area contributed by atoms with Gasteiger partial charge in [0.25, 0.3) is 0 Å². The van der Waals surface area contributed by atoms with Crippen LogP contribution in [0.25, 0.3) is 22.2 Å². The highest BCUT2D eigenvalue weighted by molar-refractivity contribution is 5.85. The van der Waals surface area contributed by atoms with Crippen LogP contribution in [0.2, 0.25) is 0 Å². The van der Waals surface area contributed by atoms with Crippen LogP contribution in [0, 0.1) is 0 Å². The van der Waals surface area contributed by atoms with Crippen LogP contribution >= 0.6 is 0 Å². The summed E-state index contributed by atoms with van der Waals surface area (Å²) < 4.78 is 0. The summed E-state index contributed by atoms with van der Waals surface area (Å²) in [4.78, 5) is 11.5. The summed E-state index contributed by atoms with van der Waals surface area (Å²) >= 11 is 0. The van der Waals surface area contributed by atoms with E-state index in [0.29, 0.717) is 6.54 Å². The number of hydrogen-bond acceptors (Lipinski definition) is 5. The topological polar surface area (TPSA) is 81.1 Å². The third-order valence-corrected chi connectivity index (χ3v) is 4.38. The molecule has 0 fully saturated rings. The van der Waals surface area contributed by atoms with Crippen LogP contribution in [0.4, 0.5) is 5.69 Å². The van der Waals surface area contributed by atoms with E-state index in [-0.39, 0.29) is 6.04 Å². The summed E-state index contributed by atoms with van der Waals surface area (Å²) in [5.74, 6) is 0. The molecule has 0 aliphatic rings. The smallest absolute Gasteiger partial charge is 0.0742 e. The molecule has 3 rings (SSSR count). The molecule has 0 saturated heterocycles. The Morgan fingerprint density at radius 1 is 1.12 bits per heavy atom. The highest BCUT2D eigenvalue weighted by Crippen LogP contribution is 2.28. The normalized spacial score (nSPS) is 12.3. The van der Waals surface area contributed by atoms with Crippen molar-refractivity contribution >= 4 is 16.6 Å². The van der Waals surface area contributed by atoms with Gasteiger partial charge < -0.3 is 16.4 Å². The highest BCUT2D eigenvalue weighted by Gasteiger charge is 2.14. The van der Waals surface area contributed by atoms with Gasteiger partial charge in [-0.15, -0.1) is 0 Å². The van der Waals surface area contributed by atoms with E-state index in [1.807, 2.05) is 32.3 Å². The predicted octanol–water partition coefficient (Wildman–Crippen LogP) is 3.10. The number of anilines is 1. The molecule has 0 radical (unpaired) electrons. The number of fused-ring (bicyclic) bond motifs is 1. The summed E-state index contributed by atoms with van der Waals surface area (Å²) in [5, 5.41) is 1.01. The van der Waals surface area contributed by atoms with Gasteiger partial charge in [0.15, 0.2) is 0 Å². The monoisotopic (exact) mass is 335 g/mol. The van der Waals surface area contributed by atoms with Crippen molar-refractivity contribution in [3.05, 3.63) is 54.4 Å². The summed E-state index contributed by atoms with van der Waals surface area (Å²) in [5.41, 5.74) is 17.0. The molecule has 5 nitrogen and oxygen atoms in total. The van der Waals surface area contributed by atoms with E-state index in [1.54, 1.807) is 6.20 Å². The van der Waals surface area contributed by atoms with Gasteiger partial charge in [-0.1, -0.05) is 12.1 Å². The van der Waals surface area contributed by atoms with Gasteiger partial charge in [0, 0.05) is 43.0 Å². The third kappa shape index (κ3) is 3.78. The summed E-state index contributed by atoms with van der Waals surface area (Å²) in [6, 6.07) is 14.2. The first-order chi connectivity index (χ1) is 12.1. The van der Waals surface area contributed by atoms with Crippen LogP contribution in [-0.2, 0) is 0 Å². The number of rotatable bonds is 6. The van der Waals surface area contributed by atoms with Gasteiger partial charge in [0.05, 0.1) is 16.9 Å². The number of benzene rings is 1. The largest absolute Gasteiger partial charge is 0.378 e. The van der Waals surface area contributed by atoms with Gasteiger partial charge in [0.1, 0.15) is 0 Å². The second-order valence-corrected chi connectivity index (χ2v) is 6.44. The molecule has 1 atom stereocenters. The molecule has 0 bridgehead atoms. The average Bonchev–Trinajstić information content (AvgIpc) is 2.65. The molecule has 3 aromatic rings. The van der Waals surface area contributed by atoms with E-state index in [0.717, 1.165) is 46.4 Å². The standard InChI is InChI=1S/C20H25N5/c1-25(2)15-9-7-14(8-10-15)18-13-19-16(5-4-12-23-19)20(24-18)17(22)6-3-11-21/h4-5,7-10,12-13,17H,3,6,11,21-22H2,1-2H3. The molecular weight excluding hydrogens is 310 g/mol. The first-order valence-corrected chi connectivity index (χ1v) is 8.59. The second-order valence-electron chi connectivity index (χ2n) is 6.44. The van der Waals surface area contributed by atoms with Crippen molar-refractivity contribution in [3.8, 4) is 11.3 Å². The van der Waals surface area contributed by atoms with Crippen molar-refractivity contribution in [3.63, 3.8) is 0 Å². The van der Waals surface area contributed by atoms with Crippen molar-refractivity contribution < 1.29 is 0 Å². The van der Waals surface area contributed by atoms with Crippen molar-refractivity contribution in [1.82, 2.24) is 9.97 Å². The summed E-state index contributed by atoms with van der Waals surface area (Å²) in [6.45, 7) is 0.634. The molecule has 0 aliphatic carbocycles. The van der Waals surface area contributed by atoms with Crippen molar-refractivity contribution in [1.29, 1.82) is 0 Å². The molecule has 2 aromatic heterocycles. The molecule has 0 aliphatic heterocycles. The Kier molecular flexibility index (Phi) is 5.26. The first kappa shape index (κ1) is 17.3. The Hall–Kier alpha value is -2.50. The molecule has 0 spiro atoms. The zero-order valence-electron chi connectivity index (χ0n) is 14.8. The lowest BCUT2D eigenvalue weighted by Crippen LogP contribution is -2.15. The van der Waals surface area contributed by atoms with Crippen LogP contribution in [-0.4, -0.2) is 30.6 Å². The number of aromatic nitrogens is 2. The van der Waals surface area contributed by atoms with Crippen molar-refractivity contribution in [2.45, 2.75) is 18.9 Å². The van der Waals surface area contributed by atoms with Crippen LogP contribution in [0.15, 0.2) is 48.7 Å². The zero-order valence-corrected chi connectivity index (χ0v) is 14.8. The summed E-state index contributed by atoms with van der Waals surface area (Å²) in [6.07, 6.45) is 3.50. The van der Waals surface area contributed by atoms with Crippen LogP contribution in [0.3, 0.4) is 0 Å². The maximum absolute atomic E-state index is 6.41. The summed E-state index contributed by atoms with van der Waals surface area (Å²) in [7, 11) is 4.06. The van der Waals surface area contributed by atoms with E-state index >= 15 is 0 Å². The molecule has 5 heteroatoms. The number of pyridine rings is 2. The molecule has 4 N–H and O–H groups in total. The third-order valence-electron chi connectivity index (χ3n) is 4.38. The Morgan fingerprint density at radius 2 is 1.88 bits per heavy atom. The molecule has 1 aromatic carbocycles. The van der Waals surface area contributed by atoms with E-state index in [2.05, 4.69) is 34.1 Å². The average molecular weight is 335 g/mol. The molecule has 0 amide bonds. The lowest BCUT2D eigenvalue weighted by Gasteiger charge is -2.16. The van der Waals surface area contributed by atoms with Crippen LogP contribution in [0.1, 0.15) is 24.6 Å². The van der Waals surface area contributed by atoms with Crippen molar-refractivity contribution in [2.24, 2.45) is 11.5 Å². The van der Waals surface area contributed by atoms with Gasteiger partial charge in [-0.2, -0.15) is 0 Å². The quantitative estimate of drug-likeness (QED) is 0.723.